The lowest BCUT2D eigenvalue weighted by molar-refractivity contribution is -0.225. The molecule has 9 unspecified atom stereocenters. The van der Waals surface area contributed by atoms with Gasteiger partial charge in [-0.2, -0.15) is 0 Å². The number of benzene rings is 1. The highest BCUT2D eigenvalue weighted by molar-refractivity contribution is 5.90. The average molecular weight is 757 g/mol. The summed E-state index contributed by atoms with van der Waals surface area (Å²) >= 11 is 0. The lowest BCUT2D eigenvalue weighted by Crippen LogP contribution is -2.66. The zero-order valence-corrected chi connectivity index (χ0v) is 35.8. The summed E-state index contributed by atoms with van der Waals surface area (Å²) in [4.78, 5) is 40.7. The van der Waals surface area contributed by atoms with E-state index in [2.05, 4.69) is 83.5 Å². The van der Waals surface area contributed by atoms with Crippen LogP contribution in [0.25, 0.3) is 5.57 Å². The molecule has 55 heavy (non-hydrogen) atoms. The van der Waals surface area contributed by atoms with Gasteiger partial charge in [0.05, 0.1) is 25.2 Å². The van der Waals surface area contributed by atoms with E-state index < -0.39 is 0 Å². The zero-order valence-electron chi connectivity index (χ0n) is 35.8. The maximum absolute atomic E-state index is 14.6. The van der Waals surface area contributed by atoms with E-state index in [1.165, 1.54) is 56.6 Å². The van der Waals surface area contributed by atoms with E-state index in [0.29, 0.717) is 54.0 Å². The van der Waals surface area contributed by atoms with Gasteiger partial charge in [0, 0.05) is 13.0 Å². The minimum absolute atomic E-state index is 0.00634. The quantitative estimate of drug-likeness (QED) is 0.123. The van der Waals surface area contributed by atoms with Crippen molar-refractivity contribution in [3.63, 3.8) is 0 Å². The summed E-state index contributed by atoms with van der Waals surface area (Å²) < 4.78 is 9.78. The molecule has 1 aromatic carbocycles. The molecule has 0 bridgehead atoms. The second kappa shape index (κ2) is 15.8. The zero-order chi connectivity index (χ0) is 40.0. The SMILES string of the molecule is C=C(C)C1CCC2(C(=O)NCCCN(CC)CCCC(=O)OC)CCC3(C)C(CCC4C5(C)CC=C(c6ccc(C(=O)OC)cc6)C(C)(C)C5CCC43C)C12. The fourth-order valence-electron chi connectivity index (χ4n) is 14.2. The Labute approximate surface area is 332 Å². The van der Waals surface area contributed by atoms with E-state index >= 15 is 0 Å². The minimum Gasteiger partial charge on any atom is -0.469 e. The van der Waals surface area contributed by atoms with E-state index in [1.807, 2.05) is 12.1 Å². The summed E-state index contributed by atoms with van der Waals surface area (Å²) in [7, 11) is 2.88. The number of carbonyl (C=O) groups excluding carboxylic acids is 3. The number of hydrogen-bond acceptors (Lipinski definition) is 6. The second-order valence-electron chi connectivity index (χ2n) is 19.7. The fraction of sp³-hybridized carbons (Fsp3) is 0.729. The van der Waals surface area contributed by atoms with E-state index in [0.717, 1.165) is 64.6 Å². The van der Waals surface area contributed by atoms with Crippen molar-refractivity contribution >= 4 is 23.4 Å². The Morgan fingerprint density at radius 3 is 2.22 bits per heavy atom. The molecular formula is C48H72N2O5. The summed E-state index contributed by atoms with van der Waals surface area (Å²) in [6.45, 7) is 25.3. The number of ether oxygens (including phenoxy) is 2. The van der Waals surface area contributed by atoms with Gasteiger partial charge in [-0.15, -0.1) is 0 Å². The van der Waals surface area contributed by atoms with Crippen LogP contribution in [0.1, 0.15) is 141 Å². The van der Waals surface area contributed by atoms with Crippen molar-refractivity contribution in [1.29, 1.82) is 0 Å². The van der Waals surface area contributed by atoms with Gasteiger partial charge in [0.25, 0.3) is 0 Å². The van der Waals surface area contributed by atoms with Crippen LogP contribution in [0.15, 0.2) is 42.5 Å². The maximum Gasteiger partial charge on any atom is 0.337 e. The van der Waals surface area contributed by atoms with Gasteiger partial charge in [0.15, 0.2) is 0 Å². The van der Waals surface area contributed by atoms with Crippen molar-refractivity contribution in [3.05, 3.63) is 53.6 Å². The maximum atomic E-state index is 14.6. The first-order valence-corrected chi connectivity index (χ1v) is 21.7. The van der Waals surface area contributed by atoms with Crippen LogP contribution in [-0.4, -0.2) is 63.1 Å². The normalized spacial score (nSPS) is 36.0. The van der Waals surface area contributed by atoms with Crippen LogP contribution in [0, 0.1) is 56.7 Å². The Morgan fingerprint density at radius 1 is 0.855 bits per heavy atom. The summed E-state index contributed by atoms with van der Waals surface area (Å²) in [6, 6.07) is 8.05. The number of fused-ring (bicyclic) bond motifs is 7. The molecule has 1 N–H and O–H groups in total. The molecule has 4 saturated carbocycles. The molecule has 1 aromatic rings. The summed E-state index contributed by atoms with van der Waals surface area (Å²) in [6.07, 6.45) is 14.8. The van der Waals surface area contributed by atoms with Crippen LogP contribution >= 0.6 is 0 Å². The number of esters is 2. The summed E-state index contributed by atoms with van der Waals surface area (Å²) in [5.41, 5.74) is 4.76. The number of amides is 1. The Kier molecular flexibility index (Phi) is 12.0. The smallest absolute Gasteiger partial charge is 0.337 e. The molecule has 0 radical (unpaired) electrons. The van der Waals surface area contributed by atoms with Crippen LogP contribution in [-0.2, 0) is 19.1 Å². The first kappa shape index (κ1) is 41.7. The number of allylic oxidation sites excluding steroid dienone is 3. The predicted octanol–water partition coefficient (Wildman–Crippen LogP) is 9.91. The molecular weight excluding hydrogens is 685 g/mol. The standard InChI is InChI=1S/C48H72N2O5/c1-11-50(30-12-14-40(51)54-9)31-13-29-49-43(53)48-26-21-35(32(2)3)41(48)37-19-20-39-45(6)24-22-36(33-15-17-34(18-16-33)42(52)55-10)44(4,5)38(45)23-25-47(39,8)46(37,7)27-28-48/h15-18,22,35,37-39,41H,2,11-14,19-21,23-31H2,1,3-10H3,(H,49,53). The molecule has 304 valence electrons. The predicted molar refractivity (Wildman–Crippen MR) is 221 cm³/mol. The first-order chi connectivity index (χ1) is 26.0. The number of rotatable bonds is 13. The topological polar surface area (TPSA) is 84.9 Å². The van der Waals surface area contributed by atoms with Gasteiger partial charge in [-0.25, -0.2) is 4.79 Å². The molecule has 1 amide bonds. The third-order valence-electron chi connectivity index (χ3n) is 17.2. The lowest BCUT2D eigenvalue weighted by atomic mass is 9.32. The molecule has 6 rings (SSSR count). The minimum atomic E-state index is -0.309. The van der Waals surface area contributed by atoms with Crippen molar-refractivity contribution in [2.45, 2.75) is 126 Å². The third-order valence-corrected chi connectivity index (χ3v) is 17.2. The summed E-state index contributed by atoms with van der Waals surface area (Å²) in [5.74, 6) is 2.31. The number of carbonyl (C=O) groups is 3. The van der Waals surface area contributed by atoms with E-state index in [1.54, 1.807) is 0 Å². The van der Waals surface area contributed by atoms with Gasteiger partial charge in [-0.05, 0) is 172 Å². The van der Waals surface area contributed by atoms with Crippen LogP contribution in [0.2, 0.25) is 0 Å². The molecule has 0 spiro atoms. The number of hydrogen-bond donors (Lipinski definition) is 1. The third kappa shape index (κ3) is 6.94. The Morgan fingerprint density at radius 2 is 1.56 bits per heavy atom. The van der Waals surface area contributed by atoms with Crippen LogP contribution < -0.4 is 5.32 Å². The number of nitrogens with one attached hydrogen (secondary N) is 1. The molecule has 0 aliphatic heterocycles. The molecule has 5 aliphatic rings. The number of nitrogens with zero attached hydrogens (tertiary/aromatic N) is 1. The molecule has 9 atom stereocenters. The van der Waals surface area contributed by atoms with Crippen molar-refractivity contribution in [2.24, 2.45) is 56.7 Å². The van der Waals surface area contributed by atoms with E-state index in [4.69, 9.17) is 9.47 Å². The molecule has 5 aliphatic carbocycles. The van der Waals surface area contributed by atoms with Crippen molar-refractivity contribution in [1.82, 2.24) is 10.2 Å². The van der Waals surface area contributed by atoms with Crippen molar-refractivity contribution < 1.29 is 23.9 Å². The molecule has 0 aromatic heterocycles. The first-order valence-electron chi connectivity index (χ1n) is 21.7. The van der Waals surface area contributed by atoms with Crippen molar-refractivity contribution in [2.75, 3.05) is 40.4 Å². The van der Waals surface area contributed by atoms with Gasteiger partial charge in [-0.3, -0.25) is 9.59 Å². The monoisotopic (exact) mass is 757 g/mol. The molecule has 7 nitrogen and oxygen atoms in total. The van der Waals surface area contributed by atoms with Gasteiger partial charge in [0.1, 0.15) is 0 Å². The largest absolute Gasteiger partial charge is 0.469 e. The van der Waals surface area contributed by atoms with Crippen molar-refractivity contribution in [3.8, 4) is 0 Å². The Balaban J connectivity index is 1.20. The fourth-order valence-corrected chi connectivity index (χ4v) is 14.2. The molecule has 0 saturated heterocycles. The van der Waals surface area contributed by atoms with Crippen LogP contribution in [0.4, 0.5) is 0 Å². The van der Waals surface area contributed by atoms with Crippen LogP contribution in [0.3, 0.4) is 0 Å². The Hall–Kier alpha value is -2.93. The summed E-state index contributed by atoms with van der Waals surface area (Å²) in [5, 5.41) is 3.49. The van der Waals surface area contributed by atoms with Gasteiger partial charge < -0.3 is 19.7 Å². The molecule has 7 heteroatoms. The number of methoxy groups -OCH3 is 2. The van der Waals surface area contributed by atoms with E-state index in [9.17, 15) is 14.4 Å². The molecule has 0 heterocycles. The van der Waals surface area contributed by atoms with Gasteiger partial charge >= 0.3 is 11.9 Å². The van der Waals surface area contributed by atoms with Gasteiger partial charge in [-0.1, -0.05) is 71.9 Å². The van der Waals surface area contributed by atoms with Crippen LogP contribution in [0.5, 0.6) is 0 Å². The highest BCUT2D eigenvalue weighted by Crippen LogP contribution is 2.77. The lowest BCUT2D eigenvalue weighted by Gasteiger charge is -2.72. The average Bonchev–Trinajstić information content (AvgIpc) is 3.57. The van der Waals surface area contributed by atoms with E-state index in [-0.39, 0.29) is 39.0 Å². The molecule has 4 fully saturated rings. The Bertz CT molecular complexity index is 1650. The highest BCUT2D eigenvalue weighted by atomic mass is 16.5. The second-order valence-corrected chi connectivity index (χ2v) is 19.7. The van der Waals surface area contributed by atoms with Gasteiger partial charge in [0.2, 0.25) is 5.91 Å². The highest BCUT2D eigenvalue weighted by Gasteiger charge is 2.71.